The Balaban J connectivity index is 1.33. The molecule has 252 valence electrons. The molecule has 0 unspecified atom stereocenters. The van der Waals surface area contributed by atoms with Crippen LogP contribution in [-0.4, -0.2) is 29.0 Å². The van der Waals surface area contributed by atoms with E-state index in [0.29, 0.717) is 12.1 Å². The van der Waals surface area contributed by atoms with Crippen LogP contribution in [0.3, 0.4) is 0 Å². The van der Waals surface area contributed by atoms with Crippen LogP contribution in [0.4, 0.5) is 11.4 Å². The number of allylic oxidation sites excluding steroid dienone is 2. The number of amides is 1. The molecule has 0 saturated heterocycles. The summed E-state index contributed by atoms with van der Waals surface area (Å²) in [5, 5.41) is 23.6. The molecule has 6 rings (SSSR count). The Hall–Kier alpha value is -2.71. The van der Waals surface area contributed by atoms with E-state index < -0.39 is 5.41 Å². The van der Waals surface area contributed by atoms with E-state index in [0.717, 1.165) is 51.4 Å². The molecule has 0 spiro atoms. The molecule has 2 N–H and O–H groups in total. The fourth-order valence-corrected chi connectivity index (χ4v) is 11.8. The maximum Gasteiger partial charge on any atom is 0.302 e. The van der Waals surface area contributed by atoms with E-state index in [1.807, 2.05) is 13.0 Å². The van der Waals surface area contributed by atoms with Gasteiger partial charge in [-0.05, 0) is 116 Å². The van der Waals surface area contributed by atoms with E-state index in [1.165, 1.54) is 24.6 Å². The van der Waals surface area contributed by atoms with Crippen LogP contribution in [0, 0.1) is 55.5 Å². The molecule has 8 nitrogen and oxygen atoms in total. The Morgan fingerprint density at radius 3 is 2.35 bits per heavy atom. The van der Waals surface area contributed by atoms with Crippen LogP contribution in [0.1, 0.15) is 113 Å². The van der Waals surface area contributed by atoms with Crippen LogP contribution in [0.5, 0.6) is 0 Å². The van der Waals surface area contributed by atoms with Crippen molar-refractivity contribution in [2.75, 3.05) is 10.5 Å². The SMILES string of the molecule is CC(=O)O[C@@H]1CC[C@]2(C)[C@H](CC[C@]3(C)[C@@H]2C(=O)C=C2[C@@H]4C[C@](C)(C(=O)Nc5cccc(N([O-])O)c5)CC[C@]4(C)CC[C@@]23C)C1(C)C. The lowest BCUT2D eigenvalue weighted by Gasteiger charge is -2.70. The normalized spacial score (nSPS) is 42.7. The number of nitrogens with one attached hydrogen (secondary N) is 1. The molecular weight excluding hydrogens is 580 g/mol. The summed E-state index contributed by atoms with van der Waals surface area (Å²) in [5.41, 5.74) is 0.346. The van der Waals surface area contributed by atoms with Gasteiger partial charge in [0.15, 0.2) is 5.78 Å². The Labute approximate surface area is 274 Å². The lowest BCUT2D eigenvalue weighted by atomic mass is 9.33. The fourth-order valence-electron chi connectivity index (χ4n) is 11.8. The Morgan fingerprint density at radius 1 is 0.978 bits per heavy atom. The molecule has 0 heterocycles. The number of anilines is 2. The molecular formula is C38H53N2O6-. The summed E-state index contributed by atoms with van der Waals surface area (Å²) in [6.07, 6.45) is 9.90. The van der Waals surface area contributed by atoms with Crippen molar-refractivity contribution in [3.05, 3.63) is 41.1 Å². The predicted molar refractivity (Wildman–Crippen MR) is 178 cm³/mol. The monoisotopic (exact) mass is 633 g/mol. The molecule has 1 amide bonds. The first-order valence-corrected chi connectivity index (χ1v) is 17.3. The summed E-state index contributed by atoms with van der Waals surface area (Å²) in [6, 6.07) is 6.31. The molecule has 1 aromatic rings. The highest BCUT2D eigenvalue weighted by molar-refractivity contribution is 5.97. The highest BCUT2D eigenvalue weighted by Crippen LogP contribution is 2.75. The smallest absolute Gasteiger partial charge is 0.302 e. The van der Waals surface area contributed by atoms with Crippen LogP contribution in [-0.2, 0) is 19.1 Å². The van der Waals surface area contributed by atoms with Gasteiger partial charge in [-0.15, -0.1) is 0 Å². The van der Waals surface area contributed by atoms with E-state index in [1.54, 1.807) is 12.1 Å². The van der Waals surface area contributed by atoms with Gasteiger partial charge in [0.05, 0.1) is 5.69 Å². The molecule has 1 aromatic carbocycles. The minimum Gasteiger partial charge on any atom is -0.733 e. The van der Waals surface area contributed by atoms with Crippen molar-refractivity contribution in [2.24, 2.45) is 50.2 Å². The standard InChI is InChI=1S/C38H53N2O6/c1-23(41)46-30-13-14-36(6)29(33(30,2)3)12-15-38(8)31(36)28(42)21-26-27-22-35(5,17-16-34(27,4)18-19-37(26,38)7)32(43)39-24-10-9-11-25(20-24)40(44)45/h9-11,20-21,27,29-31,44H,12-19,22H2,1-8H3,(H,39,43)/q-1/t27-,29+,30+,31+,34+,35+,36+,37-,38+/m0/s1. The van der Waals surface area contributed by atoms with E-state index in [4.69, 9.17) is 4.74 Å². The molecule has 4 fully saturated rings. The van der Waals surface area contributed by atoms with Crippen LogP contribution >= 0.6 is 0 Å². The summed E-state index contributed by atoms with van der Waals surface area (Å²) in [6.45, 7) is 17.5. The first-order valence-electron chi connectivity index (χ1n) is 17.3. The number of ether oxygens (including phenoxy) is 1. The lowest BCUT2D eigenvalue weighted by Crippen LogP contribution is -2.66. The van der Waals surface area contributed by atoms with Gasteiger partial charge in [0, 0.05) is 29.4 Å². The predicted octanol–water partition coefficient (Wildman–Crippen LogP) is 8.23. The van der Waals surface area contributed by atoms with Crippen molar-refractivity contribution in [3.63, 3.8) is 0 Å². The van der Waals surface area contributed by atoms with Crippen LogP contribution < -0.4 is 10.5 Å². The summed E-state index contributed by atoms with van der Waals surface area (Å²) in [5.74, 6) is 0.190. The summed E-state index contributed by atoms with van der Waals surface area (Å²) in [7, 11) is 0. The lowest BCUT2D eigenvalue weighted by molar-refractivity contribution is -0.210. The molecule has 0 aliphatic heterocycles. The molecule has 4 saturated carbocycles. The number of hydrogen-bond acceptors (Lipinski definition) is 7. The zero-order valence-corrected chi connectivity index (χ0v) is 29.0. The van der Waals surface area contributed by atoms with Gasteiger partial charge < -0.3 is 20.5 Å². The largest absolute Gasteiger partial charge is 0.733 e. The van der Waals surface area contributed by atoms with E-state index >= 15 is 0 Å². The van der Waals surface area contributed by atoms with Gasteiger partial charge in [-0.3, -0.25) is 19.6 Å². The summed E-state index contributed by atoms with van der Waals surface area (Å²) in [4.78, 5) is 40.6. The molecule has 5 aliphatic carbocycles. The second-order valence-electron chi connectivity index (χ2n) is 17.5. The van der Waals surface area contributed by atoms with Gasteiger partial charge in [0.1, 0.15) is 6.10 Å². The number of benzene rings is 1. The fraction of sp³-hybridized carbons (Fsp3) is 0.711. The zero-order chi connectivity index (χ0) is 33.7. The topological polar surface area (TPSA) is 119 Å². The third-order valence-corrected chi connectivity index (χ3v) is 14.7. The number of carbonyl (C=O) groups is 3. The van der Waals surface area contributed by atoms with Gasteiger partial charge in [0.25, 0.3) is 0 Å². The number of rotatable bonds is 4. The van der Waals surface area contributed by atoms with Gasteiger partial charge in [-0.1, -0.05) is 60.1 Å². The Kier molecular flexibility index (Phi) is 7.68. The molecule has 0 radical (unpaired) electrons. The van der Waals surface area contributed by atoms with Crippen molar-refractivity contribution in [1.29, 1.82) is 0 Å². The number of nitrogens with zero attached hydrogens (tertiary/aromatic N) is 1. The van der Waals surface area contributed by atoms with Crippen LogP contribution in [0.2, 0.25) is 0 Å². The van der Waals surface area contributed by atoms with Gasteiger partial charge in [0.2, 0.25) is 5.91 Å². The van der Waals surface area contributed by atoms with Gasteiger partial charge in [-0.2, -0.15) is 0 Å². The van der Waals surface area contributed by atoms with E-state index in [2.05, 4.69) is 46.9 Å². The van der Waals surface area contributed by atoms with Crippen molar-refractivity contribution < 1.29 is 24.3 Å². The third kappa shape index (κ3) is 4.71. The molecule has 5 aliphatic rings. The minimum absolute atomic E-state index is 0.0135. The summed E-state index contributed by atoms with van der Waals surface area (Å²) >= 11 is 0. The highest BCUT2D eigenvalue weighted by atomic mass is 16.8. The molecule has 0 bridgehead atoms. The molecule has 0 aromatic heterocycles. The second kappa shape index (κ2) is 10.6. The van der Waals surface area contributed by atoms with Gasteiger partial charge >= 0.3 is 5.97 Å². The average molecular weight is 634 g/mol. The van der Waals surface area contributed by atoms with Crippen LogP contribution in [0.25, 0.3) is 0 Å². The molecule has 46 heavy (non-hydrogen) atoms. The molecule has 9 atom stereocenters. The van der Waals surface area contributed by atoms with Crippen LogP contribution in [0.15, 0.2) is 35.9 Å². The minimum atomic E-state index is -0.654. The van der Waals surface area contributed by atoms with E-state index in [-0.39, 0.29) is 79.5 Å². The Bertz CT molecular complexity index is 1480. The zero-order valence-electron chi connectivity index (χ0n) is 29.0. The first kappa shape index (κ1) is 33.2. The highest BCUT2D eigenvalue weighted by Gasteiger charge is 2.70. The average Bonchev–Trinajstić information content (AvgIpc) is 2.96. The number of carbonyl (C=O) groups excluding carboxylic acids is 3. The maximum atomic E-state index is 14.7. The van der Waals surface area contributed by atoms with Crippen molar-refractivity contribution in [2.45, 2.75) is 119 Å². The first-order chi connectivity index (χ1) is 21.3. The molecule has 8 heteroatoms. The number of fused-ring (bicyclic) bond motifs is 7. The van der Waals surface area contributed by atoms with Gasteiger partial charge in [-0.25, -0.2) is 0 Å². The van der Waals surface area contributed by atoms with Crippen molar-refractivity contribution in [3.8, 4) is 0 Å². The number of esters is 1. The third-order valence-electron chi connectivity index (χ3n) is 14.7. The number of ketones is 1. The van der Waals surface area contributed by atoms with E-state index in [9.17, 15) is 24.8 Å². The maximum absolute atomic E-state index is 14.7. The Morgan fingerprint density at radius 2 is 1.67 bits per heavy atom. The second-order valence-corrected chi connectivity index (χ2v) is 17.5. The quantitative estimate of drug-likeness (QED) is 0.253. The van der Waals surface area contributed by atoms with Crippen molar-refractivity contribution >= 4 is 29.0 Å². The van der Waals surface area contributed by atoms with Crippen molar-refractivity contribution in [1.82, 2.24) is 0 Å². The number of hydrogen-bond donors (Lipinski definition) is 2. The summed E-state index contributed by atoms with van der Waals surface area (Å²) < 4.78 is 5.86.